The van der Waals surface area contributed by atoms with Gasteiger partial charge in [0.2, 0.25) is 21.8 Å². The van der Waals surface area contributed by atoms with E-state index in [-0.39, 0.29) is 23.4 Å². The van der Waals surface area contributed by atoms with E-state index in [2.05, 4.69) is 5.32 Å². The van der Waals surface area contributed by atoms with Gasteiger partial charge in [-0.25, -0.2) is 8.42 Å². The number of nitrogens with zero attached hydrogens (tertiary/aromatic N) is 2. The Hall–Kier alpha value is -2.65. The van der Waals surface area contributed by atoms with E-state index in [4.69, 9.17) is 23.2 Å². The highest BCUT2D eigenvalue weighted by Gasteiger charge is 2.31. The van der Waals surface area contributed by atoms with Crippen LogP contribution in [0.2, 0.25) is 10.0 Å². The zero-order valence-electron chi connectivity index (χ0n) is 20.5. The van der Waals surface area contributed by atoms with Crippen molar-refractivity contribution in [3.8, 4) is 0 Å². The summed E-state index contributed by atoms with van der Waals surface area (Å²) < 4.78 is 27.5. The van der Waals surface area contributed by atoms with Crippen LogP contribution in [-0.4, -0.2) is 55.1 Å². The van der Waals surface area contributed by atoms with Crippen molar-refractivity contribution in [3.63, 3.8) is 0 Å². The van der Waals surface area contributed by atoms with Crippen molar-refractivity contribution in [2.24, 2.45) is 0 Å². The highest BCUT2D eigenvalue weighted by atomic mass is 35.5. The summed E-state index contributed by atoms with van der Waals surface area (Å²) in [6, 6.07) is 16.1. The van der Waals surface area contributed by atoms with E-state index >= 15 is 0 Å². The van der Waals surface area contributed by atoms with E-state index in [1.807, 2.05) is 38.1 Å². The lowest BCUT2D eigenvalue weighted by Crippen LogP contribution is -2.51. The molecule has 0 bridgehead atoms. The number of carbonyl (C=O) groups excluding carboxylic acids is 2. The molecule has 1 N–H and O–H groups in total. The largest absolute Gasteiger partial charge is 0.352 e. The van der Waals surface area contributed by atoms with Gasteiger partial charge in [-0.15, -0.1) is 0 Å². The molecule has 10 heteroatoms. The summed E-state index contributed by atoms with van der Waals surface area (Å²) >= 11 is 12.3. The standard InChI is InChI=1S/C26H29Cl2N3O4S/c1-17(2)29-26(33)18(3)31(15-21-9-11-22(27)14-24(21)28)25(32)16-30(4)36(34,35)23-12-10-19-7-5-6-8-20(19)13-23/h5-14,17-18H,15-16H2,1-4H3,(H,29,33). The number of benzene rings is 3. The van der Waals surface area contributed by atoms with Gasteiger partial charge in [0.1, 0.15) is 6.04 Å². The maximum atomic E-state index is 13.4. The highest BCUT2D eigenvalue weighted by Crippen LogP contribution is 2.24. The summed E-state index contributed by atoms with van der Waals surface area (Å²) in [6.45, 7) is 4.77. The van der Waals surface area contributed by atoms with Crippen LogP contribution in [0.4, 0.5) is 0 Å². The van der Waals surface area contributed by atoms with Gasteiger partial charge in [0, 0.05) is 29.7 Å². The van der Waals surface area contributed by atoms with Crippen LogP contribution in [0.25, 0.3) is 10.8 Å². The molecular formula is C26H29Cl2N3O4S. The molecule has 3 aromatic carbocycles. The number of rotatable bonds is 9. The fraction of sp³-hybridized carbons (Fsp3) is 0.308. The Morgan fingerprint density at radius 2 is 1.61 bits per heavy atom. The third kappa shape index (κ3) is 6.56. The third-order valence-electron chi connectivity index (χ3n) is 5.74. The van der Waals surface area contributed by atoms with Gasteiger partial charge in [0.25, 0.3) is 0 Å². The van der Waals surface area contributed by atoms with Crippen molar-refractivity contribution < 1.29 is 18.0 Å². The van der Waals surface area contributed by atoms with Gasteiger partial charge in [0.05, 0.1) is 11.4 Å². The number of fused-ring (bicyclic) bond motifs is 1. The topological polar surface area (TPSA) is 86.8 Å². The van der Waals surface area contributed by atoms with Crippen LogP contribution >= 0.6 is 23.2 Å². The molecule has 7 nitrogen and oxygen atoms in total. The smallest absolute Gasteiger partial charge is 0.243 e. The lowest BCUT2D eigenvalue weighted by Gasteiger charge is -2.31. The summed E-state index contributed by atoms with van der Waals surface area (Å²) in [6.07, 6.45) is 0. The quantitative estimate of drug-likeness (QED) is 0.418. The zero-order chi connectivity index (χ0) is 26.6. The number of halogens is 2. The number of amides is 2. The Kier molecular flexibility index (Phi) is 9.00. The van der Waals surface area contributed by atoms with E-state index in [9.17, 15) is 18.0 Å². The van der Waals surface area contributed by atoms with Gasteiger partial charge in [-0.05, 0) is 61.4 Å². The predicted molar refractivity (Wildman–Crippen MR) is 144 cm³/mol. The molecule has 0 aromatic heterocycles. The Labute approximate surface area is 222 Å². The number of carbonyl (C=O) groups is 2. The average molecular weight is 551 g/mol. The summed E-state index contributed by atoms with van der Waals surface area (Å²) in [5, 5.41) is 5.26. The Morgan fingerprint density at radius 3 is 2.25 bits per heavy atom. The van der Waals surface area contributed by atoms with E-state index in [0.717, 1.165) is 15.1 Å². The predicted octanol–water partition coefficient (Wildman–Crippen LogP) is 4.71. The molecule has 0 heterocycles. The van der Waals surface area contributed by atoms with Gasteiger partial charge in [-0.3, -0.25) is 9.59 Å². The van der Waals surface area contributed by atoms with Crippen molar-refractivity contribution in [1.82, 2.24) is 14.5 Å². The highest BCUT2D eigenvalue weighted by molar-refractivity contribution is 7.89. The normalized spacial score (nSPS) is 12.7. The van der Waals surface area contributed by atoms with Crippen LogP contribution in [0, 0.1) is 0 Å². The molecule has 0 aliphatic heterocycles. The first kappa shape index (κ1) is 27.9. The second-order valence-corrected chi connectivity index (χ2v) is 11.8. The molecule has 1 unspecified atom stereocenters. The average Bonchev–Trinajstić information content (AvgIpc) is 2.82. The molecule has 36 heavy (non-hydrogen) atoms. The number of sulfonamides is 1. The maximum Gasteiger partial charge on any atom is 0.243 e. The minimum atomic E-state index is -3.97. The molecule has 0 saturated carbocycles. The van der Waals surface area contributed by atoms with Gasteiger partial charge in [-0.2, -0.15) is 4.31 Å². The number of hydrogen-bond donors (Lipinski definition) is 1. The fourth-order valence-electron chi connectivity index (χ4n) is 3.70. The van der Waals surface area contributed by atoms with Crippen molar-refractivity contribution >= 4 is 55.8 Å². The Balaban J connectivity index is 1.87. The van der Waals surface area contributed by atoms with Crippen molar-refractivity contribution in [2.75, 3.05) is 13.6 Å². The summed E-state index contributed by atoms with van der Waals surface area (Å²) in [5.74, 6) is -0.900. The molecule has 0 spiro atoms. The molecule has 0 aliphatic carbocycles. The first-order valence-electron chi connectivity index (χ1n) is 11.4. The van der Waals surface area contributed by atoms with Crippen molar-refractivity contribution in [2.45, 2.75) is 44.3 Å². The van der Waals surface area contributed by atoms with Crippen LogP contribution < -0.4 is 5.32 Å². The summed E-state index contributed by atoms with van der Waals surface area (Å²) in [7, 11) is -2.63. The molecule has 1 atom stereocenters. The lowest BCUT2D eigenvalue weighted by atomic mass is 10.1. The zero-order valence-corrected chi connectivity index (χ0v) is 22.9. The molecule has 3 rings (SSSR count). The minimum Gasteiger partial charge on any atom is -0.352 e. The van der Waals surface area contributed by atoms with Gasteiger partial charge in [-0.1, -0.05) is 59.6 Å². The first-order chi connectivity index (χ1) is 16.9. The maximum absolute atomic E-state index is 13.4. The van der Waals surface area contributed by atoms with Crippen molar-refractivity contribution in [3.05, 3.63) is 76.3 Å². The SMILES string of the molecule is CC(C)NC(=O)C(C)N(Cc1ccc(Cl)cc1Cl)C(=O)CN(C)S(=O)(=O)c1ccc2ccccc2c1. The van der Waals surface area contributed by atoms with Gasteiger partial charge in [0.15, 0.2) is 0 Å². The van der Waals surface area contributed by atoms with E-state index in [0.29, 0.717) is 15.6 Å². The molecule has 192 valence electrons. The Bertz CT molecular complexity index is 1380. The van der Waals surface area contributed by atoms with E-state index in [1.54, 1.807) is 37.3 Å². The first-order valence-corrected chi connectivity index (χ1v) is 13.6. The summed E-state index contributed by atoms with van der Waals surface area (Å²) in [5.41, 5.74) is 0.582. The number of nitrogens with one attached hydrogen (secondary N) is 1. The molecule has 0 saturated heterocycles. The minimum absolute atomic E-state index is 0.00534. The molecule has 0 radical (unpaired) electrons. The monoisotopic (exact) mass is 549 g/mol. The fourth-order valence-corrected chi connectivity index (χ4v) is 5.32. The van der Waals surface area contributed by atoms with Crippen LogP contribution in [0.3, 0.4) is 0 Å². The van der Waals surface area contributed by atoms with Gasteiger partial charge >= 0.3 is 0 Å². The second-order valence-electron chi connectivity index (χ2n) is 8.87. The number of likely N-dealkylation sites (N-methyl/N-ethyl adjacent to an activating group) is 1. The third-order valence-corrected chi connectivity index (χ3v) is 8.13. The van der Waals surface area contributed by atoms with Crippen LogP contribution in [0.15, 0.2) is 65.6 Å². The van der Waals surface area contributed by atoms with Crippen LogP contribution in [0.1, 0.15) is 26.3 Å². The van der Waals surface area contributed by atoms with Crippen LogP contribution in [-0.2, 0) is 26.2 Å². The molecule has 2 amide bonds. The van der Waals surface area contributed by atoms with E-state index < -0.39 is 28.5 Å². The Morgan fingerprint density at radius 1 is 0.944 bits per heavy atom. The molecule has 0 aliphatic rings. The molecular weight excluding hydrogens is 521 g/mol. The summed E-state index contributed by atoms with van der Waals surface area (Å²) in [4.78, 5) is 27.6. The van der Waals surface area contributed by atoms with Gasteiger partial charge < -0.3 is 10.2 Å². The van der Waals surface area contributed by atoms with E-state index in [1.165, 1.54) is 18.0 Å². The number of hydrogen-bond acceptors (Lipinski definition) is 4. The molecule has 0 fully saturated rings. The molecule has 3 aromatic rings. The second kappa shape index (κ2) is 11.6. The van der Waals surface area contributed by atoms with Crippen LogP contribution in [0.5, 0.6) is 0 Å². The van der Waals surface area contributed by atoms with Crippen molar-refractivity contribution in [1.29, 1.82) is 0 Å². The lowest BCUT2D eigenvalue weighted by molar-refractivity contribution is -0.140.